The number of nitrogens with zero attached hydrogens (tertiary/aromatic N) is 3. The van der Waals surface area contributed by atoms with Gasteiger partial charge < -0.3 is 10.2 Å². The Bertz CT molecular complexity index is 354. The first-order chi connectivity index (χ1) is 7.81. The Morgan fingerprint density at radius 2 is 2.06 bits per heavy atom. The van der Waals surface area contributed by atoms with Crippen LogP contribution in [0.2, 0.25) is 0 Å². The van der Waals surface area contributed by atoms with Crippen LogP contribution in [0.4, 0.5) is 5.82 Å². The smallest absolute Gasteiger partial charge is 0.148 e. The lowest BCUT2D eigenvalue weighted by atomic mass is 9.84. The second-order valence-corrected chi connectivity index (χ2v) is 4.95. The molecule has 16 heavy (non-hydrogen) atoms. The lowest BCUT2D eigenvalue weighted by Gasteiger charge is -2.45. The van der Waals surface area contributed by atoms with Gasteiger partial charge in [-0.25, -0.2) is 0 Å². The molecule has 0 spiro atoms. The van der Waals surface area contributed by atoms with E-state index in [1.54, 1.807) is 0 Å². The summed E-state index contributed by atoms with van der Waals surface area (Å²) >= 11 is 0. The summed E-state index contributed by atoms with van der Waals surface area (Å²) in [5.74, 6) is 1.75. The molecule has 86 valence electrons. The van der Waals surface area contributed by atoms with E-state index in [4.69, 9.17) is 0 Å². The summed E-state index contributed by atoms with van der Waals surface area (Å²) in [7, 11) is 0. The Kier molecular flexibility index (Phi) is 2.52. The minimum Gasteiger partial charge on any atom is -0.364 e. The zero-order valence-corrected chi connectivity index (χ0v) is 9.69. The Morgan fingerprint density at radius 3 is 2.62 bits per heavy atom. The molecule has 4 rings (SSSR count). The number of nitrogens with one attached hydrogen (secondary N) is 1. The number of aryl methyl sites for hydroxylation is 1. The van der Waals surface area contributed by atoms with Crippen molar-refractivity contribution in [2.75, 3.05) is 25.0 Å². The van der Waals surface area contributed by atoms with E-state index >= 15 is 0 Å². The molecular formula is C12H18N4. The summed E-state index contributed by atoms with van der Waals surface area (Å²) in [5, 5.41) is 11.8. The van der Waals surface area contributed by atoms with Crippen LogP contribution in [-0.2, 0) is 0 Å². The fraction of sp³-hybridized carbons (Fsp3) is 0.667. The molecule has 1 aromatic rings. The van der Waals surface area contributed by atoms with Crippen LogP contribution in [-0.4, -0.2) is 40.8 Å². The first kappa shape index (κ1) is 10.0. The van der Waals surface area contributed by atoms with E-state index in [0.29, 0.717) is 6.04 Å². The van der Waals surface area contributed by atoms with Gasteiger partial charge in [-0.15, -0.1) is 5.10 Å². The molecule has 1 atom stereocenters. The summed E-state index contributed by atoms with van der Waals surface area (Å²) in [4.78, 5) is 2.54. The van der Waals surface area contributed by atoms with E-state index in [1.165, 1.54) is 32.5 Å². The van der Waals surface area contributed by atoms with E-state index < -0.39 is 0 Å². The molecule has 4 nitrogen and oxygen atoms in total. The van der Waals surface area contributed by atoms with Crippen LogP contribution in [0.25, 0.3) is 0 Å². The van der Waals surface area contributed by atoms with Gasteiger partial charge in [0, 0.05) is 12.6 Å². The highest BCUT2D eigenvalue weighted by atomic mass is 15.2. The Balaban J connectivity index is 1.68. The summed E-state index contributed by atoms with van der Waals surface area (Å²) in [6.07, 6.45) is 2.66. The van der Waals surface area contributed by atoms with Crippen molar-refractivity contribution in [3.63, 3.8) is 0 Å². The predicted octanol–water partition coefficient (Wildman–Crippen LogP) is 1.29. The number of fused-ring (bicyclic) bond motifs is 3. The molecule has 3 fully saturated rings. The normalized spacial score (nSPS) is 32.7. The van der Waals surface area contributed by atoms with Crippen LogP contribution in [0.5, 0.6) is 0 Å². The summed E-state index contributed by atoms with van der Waals surface area (Å²) in [6, 6.07) is 4.61. The van der Waals surface area contributed by atoms with Crippen molar-refractivity contribution in [3.8, 4) is 0 Å². The van der Waals surface area contributed by atoms with E-state index in [1.807, 2.05) is 19.1 Å². The predicted molar refractivity (Wildman–Crippen MR) is 63.3 cm³/mol. The monoisotopic (exact) mass is 218 g/mol. The maximum absolute atomic E-state index is 4.18. The number of aromatic nitrogens is 2. The van der Waals surface area contributed by atoms with Crippen LogP contribution < -0.4 is 5.32 Å². The molecule has 0 aliphatic carbocycles. The Labute approximate surface area is 96.1 Å². The van der Waals surface area contributed by atoms with Gasteiger partial charge >= 0.3 is 0 Å². The second kappa shape index (κ2) is 4.01. The molecule has 1 N–H and O–H groups in total. The zero-order valence-electron chi connectivity index (χ0n) is 9.69. The molecule has 0 amide bonds. The lowest BCUT2D eigenvalue weighted by Crippen LogP contribution is -2.53. The van der Waals surface area contributed by atoms with Crippen molar-refractivity contribution < 1.29 is 0 Å². The molecule has 3 aliphatic heterocycles. The topological polar surface area (TPSA) is 41.0 Å². The van der Waals surface area contributed by atoms with Crippen LogP contribution in [0.3, 0.4) is 0 Å². The third-order valence-electron chi connectivity index (χ3n) is 3.79. The zero-order chi connectivity index (χ0) is 11.0. The minimum absolute atomic E-state index is 0.569. The number of hydrogen-bond donors (Lipinski definition) is 1. The maximum atomic E-state index is 4.18. The van der Waals surface area contributed by atoms with Crippen LogP contribution in [0.1, 0.15) is 18.5 Å². The molecule has 1 unspecified atom stereocenters. The quantitative estimate of drug-likeness (QED) is 0.812. The molecular weight excluding hydrogens is 200 g/mol. The fourth-order valence-corrected chi connectivity index (χ4v) is 2.79. The minimum atomic E-state index is 0.569. The Morgan fingerprint density at radius 1 is 1.25 bits per heavy atom. The van der Waals surface area contributed by atoms with E-state index in [2.05, 4.69) is 20.4 Å². The first-order valence-corrected chi connectivity index (χ1v) is 6.10. The Hall–Kier alpha value is -1.16. The number of hydrogen-bond acceptors (Lipinski definition) is 4. The van der Waals surface area contributed by atoms with E-state index in [-0.39, 0.29) is 0 Å². The molecule has 0 radical (unpaired) electrons. The van der Waals surface area contributed by atoms with Gasteiger partial charge in [0.1, 0.15) is 5.82 Å². The largest absolute Gasteiger partial charge is 0.364 e. The van der Waals surface area contributed by atoms with Crippen LogP contribution >= 0.6 is 0 Å². The lowest BCUT2D eigenvalue weighted by molar-refractivity contribution is 0.0973. The van der Waals surface area contributed by atoms with Crippen molar-refractivity contribution in [3.05, 3.63) is 17.8 Å². The highest BCUT2D eigenvalue weighted by Gasteiger charge is 2.34. The van der Waals surface area contributed by atoms with Gasteiger partial charge in [-0.2, -0.15) is 5.10 Å². The van der Waals surface area contributed by atoms with Crippen molar-refractivity contribution in [1.82, 2.24) is 15.1 Å². The van der Waals surface area contributed by atoms with Crippen molar-refractivity contribution >= 4 is 5.82 Å². The van der Waals surface area contributed by atoms with Gasteiger partial charge in [-0.1, -0.05) is 0 Å². The van der Waals surface area contributed by atoms with Gasteiger partial charge in [0.2, 0.25) is 0 Å². The average molecular weight is 218 g/mol. The number of rotatable bonds is 2. The SMILES string of the molecule is Cc1ccc(NC2CN3CCC2CC3)nn1. The summed E-state index contributed by atoms with van der Waals surface area (Å²) < 4.78 is 0. The third kappa shape index (κ3) is 1.89. The standard InChI is InChI=1S/C12H18N4/c1-9-2-3-12(15-14-9)13-11-8-16-6-4-10(11)5-7-16/h2-3,10-11H,4-8H2,1H3,(H,13,15). The van der Waals surface area contributed by atoms with Gasteiger partial charge in [-0.3, -0.25) is 0 Å². The van der Waals surface area contributed by atoms with Crippen LogP contribution in [0.15, 0.2) is 12.1 Å². The molecule has 3 aliphatic rings. The molecule has 0 aromatic carbocycles. The molecule has 3 saturated heterocycles. The highest BCUT2D eigenvalue weighted by Crippen LogP contribution is 2.29. The number of anilines is 1. The average Bonchev–Trinajstić information content (AvgIpc) is 2.34. The molecule has 1 aromatic heterocycles. The summed E-state index contributed by atoms with van der Waals surface area (Å²) in [5.41, 5.74) is 0.972. The van der Waals surface area contributed by atoms with E-state index in [0.717, 1.165) is 17.4 Å². The fourth-order valence-electron chi connectivity index (χ4n) is 2.79. The highest BCUT2D eigenvalue weighted by molar-refractivity contribution is 5.35. The van der Waals surface area contributed by atoms with Crippen molar-refractivity contribution in [1.29, 1.82) is 0 Å². The van der Waals surface area contributed by atoms with Gasteiger partial charge in [0.05, 0.1) is 5.69 Å². The van der Waals surface area contributed by atoms with Gasteiger partial charge in [0.25, 0.3) is 0 Å². The van der Waals surface area contributed by atoms with Gasteiger partial charge in [0.15, 0.2) is 0 Å². The van der Waals surface area contributed by atoms with Crippen molar-refractivity contribution in [2.24, 2.45) is 5.92 Å². The first-order valence-electron chi connectivity index (χ1n) is 6.10. The third-order valence-corrected chi connectivity index (χ3v) is 3.79. The molecule has 0 saturated carbocycles. The number of piperidine rings is 3. The van der Waals surface area contributed by atoms with Crippen molar-refractivity contribution in [2.45, 2.75) is 25.8 Å². The van der Waals surface area contributed by atoms with Crippen LogP contribution in [0, 0.1) is 12.8 Å². The second-order valence-electron chi connectivity index (χ2n) is 4.95. The van der Waals surface area contributed by atoms with E-state index in [9.17, 15) is 0 Å². The van der Waals surface area contributed by atoms with Gasteiger partial charge in [-0.05, 0) is 50.9 Å². The molecule has 4 heterocycles. The molecule has 4 heteroatoms. The summed E-state index contributed by atoms with van der Waals surface area (Å²) in [6.45, 7) is 5.69. The maximum Gasteiger partial charge on any atom is 0.148 e. The molecule has 2 bridgehead atoms.